The first-order valence-corrected chi connectivity index (χ1v) is 11.0. The Labute approximate surface area is 182 Å². The SMILES string of the molecule is COC(=O)CC(N)C(C(=O)OC(C)(C)C)c1ccc(OS(=O)(=O)c2ccccc2)cc1. The summed E-state index contributed by atoms with van der Waals surface area (Å²) >= 11 is 0. The number of ether oxygens (including phenoxy) is 2. The van der Waals surface area contributed by atoms with Gasteiger partial charge in [-0.2, -0.15) is 8.42 Å². The number of nitrogens with two attached hydrogens (primary N) is 1. The molecule has 9 heteroatoms. The minimum atomic E-state index is -4.00. The summed E-state index contributed by atoms with van der Waals surface area (Å²) in [4.78, 5) is 24.5. The summed E-state index contributed by atoms with van der Waals surface area (Å²) in [6.45, 7) is 5.16. The fraction of sp³-hybridized carbons (Fsp3) is 0.364. The number of carbonyl (C=O) groups excluding carboxylic acids is 2. The maximum Gasteiger partial charge on any atom is 0.339 e. The zero-order chi connectivity index (χ0) is 23.2. The van der Waals surface area contributed by atoms with Crippen molar-refractivity contribution < 1.29 is 31.7 Å². The summed E-state index contributed by atoms with van der Waals surface area (Å²) in [5, 5.41) is 0. The summed E-state index contributed by atoms with van der Waals surface area (Å²) < 4.78 is 40.0. The molecule has 2 aromatic carbocycles. The standard InChI is InChI=1S/C22H27NO7S/c1-22(2,3)29-21(25)20(18(23)14-19(24)28-4)15-10-12-16(13-11-15)30-31(26,27)17-8-6-5-7-9-17/h5-13,18,20H,14,23H2,1-4H3. The van der Waals surface area contributed by atoms with Crippen LogP contribution < -0.4 is 9.92 Å². The molecule has 0 saturated heterocycles. The largest absolute Gasteiger partial charge is 0.469 e. The summed E-state index contributed by atoms with van der Waals surface area (Å²) in [6.07, 6.45) is -0.193. The fourth-order valence-electron chi connectivity index (χ4n) is 2.81. The lowest BCUT2D eigenvalue weighted by atomic mass is 9.89. The summed E-state index contributed by atoms with van der Waals surface area (Å²) in [5.41, 5.74) is 5.83. The highest BCUT2D eigenvalue weighted by Gasteiger charge is 2.33. The zero-order valence-electron chi connectivity index (χ0n) is 17.9. The molecule has 8 nitrogen and oxygen atoms in total. The Morgan fingerprint density at radius 3 is 2.10 bits per heavy atom. The smallest absolute Gasteiger partial charge is 0.339 e. The van der Waals surface area contributed by atoms with Crippen LogP contribution in [0.3, 0.4) is 0 Å². The van der Waals surface area contributed by atoms with Gasteiger partial charge in [0.25, 0.3) is 0 Å². The maximum absolute atomic E-state index is 12.8. The Balaban J connectivity index is 2.28. The molecule has 2 rings (SSSR count). The molecular formula is C22H27NO7S. The normalized spacial score (nSPS) is 13.7. The van der Waals surface area contributed by atoms with E-state index in [1.807, 2.05) is 0 Å². The molecule has 0 aliphatic carbocycles. The molecule has 31 heavy (non-hydrogen) atoms. The maximum atomic E-state index is 12.8. The number of benzene rings is 2. The molecule has 2 unspecified atom stereocenters. The van der Waals surface area contributed by atoms with E-state index in [-0.39, 0.29) is 17.1 Å². The number of esters is 2. The molecule has 0 radical (unpaired) electrons. The van der Waals surface area contributed by atoms with E-state index in [0.29, 0.717) is 5.56 Å². The minimum absolute atomic E-state index is 0.0193. The first-order valence-electron chi connectivity index (χ1n) is 9.57. The van der Waals surface area contributed by atoms with Crippen LogP contribution in [0.1, 0.15) is 38.7 Å². The van der Waals surface area contributed by atoms with Crippen molar-refractivity contribution in [3.05, 3.63) is 60.2 Å². The number of hydrogen-bond donors (Lipinski definition) is 1. The van der Waals surface area contributed by atoms with E-state index in [9.17, 15) is 18.0 Å². The summed E-state index contributed by atoms with van der Waals surface area (Å²) in [6, 6.07) is 12.7. The Hall–Kier alpha value is -2.91. The van der Waals surface area contributed by atoms with Crippen molar-refractivity contribution in [1.29, 1.82) is 0 Å². The van der Waals surface area contributed by atoms with Crippen LogP contribution in [0, 0.1) is 0 Å². The van der Waals surface area contributed by atoms with Crippen LogP contribution in [-0.2, 0) is 29.2 Å². The van der Waals surface area contributed by atoms with Crippen molar-refractivity contribution in [2.75, 3.05) is 7.11 Å². The van der Waals surface area contributed by atoms with Gasteiger partial charge in [0.2, 0.25) is 0 Å². The molecule has 0 spiro atoms. The predicted octanol–water partition coefficient (Wildman–Crippen LogP) is 2.77. The van der Waals surface area contributed by atoms with E-state index in [2.05, 4.69) is 4.74 Å². The molecule has 2 atom stereocenters. The van der Waals surface area contributed by atoms with Gasteiger partial charge in [-0.25, -0.2) is 0 Å². The van der Waals surface area contributed by atoms with Gasteiger partial charge in [-0.1, -0.05) is 30.3 Å². The van der Waals surface area contributed by atoms with E-state index >= 15 is 0 Å². The van der Waals surface area contributed by atoms with Gasteiger partial charge in [0, 0.05) is 6.04 Å². The van der Waals surface area contributed by atoms with Crippen molar-refractivity contribution in [2.24, 2.45) is 5.73 Å². The van der Waals surface area contributed by atoms with Crippen molar-refractivity contribution in [1.82, 2.24) is 0 Å². The van der Waals surface area contributed by atoms with Crippen molar-refractivity contribution in [3.8, 4) is 5.75 Å². The first kappa shape index (κ1) is 24.4. The average Bonchev–Trinajstić information content (AvgIpc) is 2.68. The quantitative estimate of drug-likeness (QED) is 0.482. The second kappa shape index (κ2) is 9.93. The average molecular weight is 450 g/mol. The van der Waals surface area contributed by atoms with E-state index in [0.717, 1.165) is 0 Å². The van der Waals surface area contributed by atoms with Crippen LogP contribution in [0.15, 0.2) is 59.5 Å². The van der Waals surface area contributed by atoms with Gasteiger partial charge in [-0.15, -0.1) is 0 Å². The Kier molecular flexibility index (Phi) is 7.80. The molecule has 2 N–H and O–H groups in total. The van der Waals surface area contributed by atoms with E-state index in [1.54, 1.807) is 39.0 Å². The lowest BCUT2D eigenvalue weighted by molar-refractivity contribution is -0.157. The Morgan fingerprint density at radius 2 is 1.58 bits per heavy atom. The first-order chi connectivity index (χ1) is 14.4. The summed E-state index contributed by atoms with van der Waals surface area (Å²) in [5.74, 6) is -2.06. The third kappa shape index (κ3) is 7.08. The van der Waals surface area contributed by atoms with Crippen LogP contribution in [0.25, 0.3) is 0 Å². The molecule has 2 aromatic rings. The highest BCUT2D eigenvalue weighted by atomic mass is 32.2. The van der Waals surface area contributed by atoms with Gasteiger partial charge in [-0.3, -0.25) is 9.59 Å². The van der Waals surface area contributed by atoms with Gasteiger partial charge in [0.15, 0.2) is 0 Å². The van der Waals surface area contributed by atoms with Gasteiger partial charge in [0.05, 0.1) is 19.4 Å². The molecular weight excluding hydrogens is 422 g/mol. The molecule has 168 valence electrons. The van der Waals surface area contributed by atoms with E-state index < -0.39 is 39.6 Å². The number of methoxy groups -OCH3 is 1. The molecule has 0 heterocycles. The van der Waals surface area contributed by atoms with Crippen LogP contribution in [-0.4, -0.2) is 39.1 Å². The van der Waals surface area contributed by atoms with Crippen molar-refractivity contribution in [2.45, 2.75) is 49.6 Å². The molecule has 0 fully saturated rings. The van der Waals surface area contributed by atoms with Crippen molar-refractivity contribution in [3.63, 3.8) is 0 Å². The fourth-order valence-corrected chi connectivity index (χ4v) is 3.76. The minimum Gasteiger partial charge on any atom is -0.469 e. The Morgan fingerprint density at radius 1 is 1.00 bits per heavy atom. The Bertz CT molecular complexity index is 996. The van der Waals surface area contributed by atoms with Crippen LogP contribution in [0.4, 0.5) is 0 Å². The molecule has 0 aliphatic heterocycles. The van der Waals surface area contributed by atoms with Crippen LogP contribution in [0.5, 0.6) is 5.75 Å². The van der Waals surface area contributed by atoms with Crippen LogP contribution >= 0.6 is 0 Å². The third-order valence-corrected chi connectivity index (χ3v) is 5.46. The second-order valence-electron chi connectivity index (χ2n) is 7.87. The molecule has 0 amide bonds. The summed E-state index contributed by atoms with van der Waals surface area (Å²) in [7, 11) is -2.77. The van der Waals surface area contributed by atoms with Gasteiger partial charge in [-0.05, 0) is 50.6 Å². The number of rotatable bonds is 8. The molecule has 0 aliphatic rings. The lowest BCUT2D eigenvalue weighted by Gasteiger charge is -2.27. The van der Waals surface area contributed by atoms with Gasteiger partial charge >= 0.3 is 22.1 Å². The lowest BCUT2D eigenvalue weighted by Crippen LogP contribution is -2.39. The van der Waals surface area contributed by atoms with Crippen molar-refractivity contribution >= 4 is 22.1 Å². The predicted molar refractivity (Wildman–Crippen MR) is 114 cm³/mol. The number of carbonyl (C=O) groups is 2. The third-order valence-electron chi connectivity index (χ3n) is 4.20. The van der Waals surface area contributed by atoms with E-state index in [4.69, 9.17) is 14.7 Å². The molecule has 0 saturated carbocycles. The van der Waals surface area contributed by atoms with Crippen LogP contribution in [0.2, 0.25) is 0 Å². The highest BCUT2D eigenvalue weighted by Crippen LogP contribution is 2.28. The monoisotopic (exact) mass is 449 g/mol. The highest BCUT2D eigenvalue weighted by molar-refractivity contribution is 7.87. The van der Waals surface area contributed by atoms with Gasteiger partial charge in [0.1, 0.15) is 16.2 Å². The topological polar surface area (TPSA) is 122 Å². The number of hydrogen-bond acceptors (Lipinski definition) is 8. The molecule has 0 aromatic heterocycles. The van der Waals surface area contributed by atoms with Gasteiger partial charge < -0.3 is 19.4 Å². The zero-order valence-corrected chi connectivity index (χ0v) is 18.7. The second-order valence-corrected chi connectivity index (χ2v) is 9.42. The molecule has 0 bridgehead atoms. The van der Waals surface area contributed by atoms with E-state index in [1.165, 1.54) is 43.5 Å².